The van der Waals surface area contributed by atoms with E-state index in [0.29, 0.717) is 18.6 Å². The molecule has 0 N–H and O–H groups in total. The monoisotopic (exact) mass is 298 g/mol. The van der Waals surface area contributed by atoms with E-state index in [1.165, 1.54) is 19.3 Å². The Hall–Kier alpha value is -1.10. The Labute approximate surface area is 125 Å². The number of rotatable bonds is 4. The Bertz CT molecular complexity index is 441. The highest BCUT2D eigenvalue weighted by molar-refractivity contribution is 6.28. The molecule has 112 valence electrons. The zero-order chi connectivity index (χ0) is 14.6. The van der Waals surface area contributed by atoms with Crippen molar-refractivity contribution in [3.05, 3.63) is 5.28 Å². The molecule has 5 nitrogen and oxygen atoms in total. The van der Waals surface area contributed by atoms with Crippen molar-refractivity contribution in [3.8, 4) is 6.01 Å². The van der Waals surface area contributed by atoms with Crippen LogP contribution in [0, 0.1) is 5.41 Å². The van der Waals surface area contributed by atoms with Crippen molar-refractivity contribution in [2.75, 3.05) is 24.6 Å². The maximum absolute atomic E-state index is 5.97. The number of hydrogen-bond acceptors (Lipinski definition) is 5. The molecule has 0 bridgehead atoms. The summed E-state index contributed by atoms with van der Waals surface area (Å²) >= 11 is 5.97. The zero-order valence-corrected chi connectivity index (χ0v) is 13.3. The number of aromatic nitrogens is 3. The highest BCUT2D eigenvalue weighted by atomic mass is 35.5. The quantitative estimate of drug-likeness (QED) is 0.853. The van der Waals surface area contributed by atoms with Gasteiger partial charge in [-0.05, 0) is 42.7 Å². The predicted octanol–water partition coefficient (Wildman–Crippen LogP) is 3.33. The first-order valence-electron chi connectivity index (χ1n) is 7.23. The molecule has 1 saturated heterocycles. The van der Waals surface area contributed by atoms with Gasteiger partial charge in [-0.25, -0.2) is 0 Å². The molecule has 0 amide bonds. The molecule has 0 unspecified atom stereocenters. The Kier molecular flexibility index (Phi) is 5.02. The summed E-state index contributed by atoms with van der Waals surface area (Å²) in [6.45, 7) is 9.06. The number of hydrogen-bond donors (Lipinski definition) is 0. The summed E-state index contributed by atoms with van der Waals surface area (Å²) in [5.74, 6) is 0.635. The molecular weight excluding hydrogens is 276 g/mol. The smallest absolute Gasteiger partial charge is 0.322 e. The minimum atomic E-state index is 0.200. The molecule has 0 aromatic carbocycles. The Morgan fingerprint density at radius 1 is 1.10 bits per heavy atom. The highest BCUT2D eigenvalue weighted by Gasteiger charge is 2.17. The number of halogens is 1. The van der Waals surface area contributed by atoms with Gasteiger partial charge in [0.05, 0.1) is 6.61 Å². The average molecular weight is 299 g/mol. The van der Waals surface area contributed by atoms with E-state index in [1.807, 2.05) is 0 Å². The lowest BCUT2D eigenvalue weighted by atomic mass is 9.93. The molecule has 1 aliphatic heterocycles. The van der Waals surface area contributed by atoms with Crippen LogP contribution in [0.15, 0.2) is 0 Å². The lowest BCUT2D eigenvalue weighted by Crippen LogP contribution is -2.31. The molecule has 1 aromatic heterocycles. The SMILES string of the molecule is CC(C)(C)CCOc1nc(Cl)nc(N2CCCCC2)n1. The van der Waals surface area contributed by atoms with Gasteiger partial charge in [0, 0.05) is 13.1 Å². The third-order valence-electron chi connectivity index (χ3n) is 3.30. The summed E-state index contributed by atoms with van der Waals surface area (Å²) in [5, 5.41) is 0.200. The minimum absolute atomic E-state index is 0.200. The van der Waals surface area contributed by atoms with Gasteiger partial charge in [-0.3, -0.25) is 0 Å². The maximum Gasteiger partial charge on any atom is 0.322 e. The molecule has 0 saturated carbocycles. The molecule has 0 aliphatic carbocycles. The second kappa shape index (κ2) is 6.57. The fourth-order valence-electron chi connectivity index (χ4n) is 2.07. The van der Waals surface area contributed by atoms with Gasteiger partial charge in [-0.1, -0.05) is 20.8 Å². The first-order valence-corrected chi connectivity index (χ1v) is 7.61. The number of ether oxygens (including phenoxy) is 1. The molecule has 2 heterocycles. The van der Waals surface area contributed by atoms with E-state index in [0.717, 1.165) is 19.5 Å². The largest absolute Gasteiger partial charge is 0.463 e. The topological polar surface area (TPSA) is 51.1 Å². The van der Waals surface area contributed by atoms with E-state index in [9.17, 15) is 0 Å². The van der Waals surface area contributed by atoms with Crippen LogP contribution < -0.4 is 9.64 Å². The van der Waals surface area contributed by atoms with Crippen LogP contribution in [-0.2, 0) is 0 Å². The van der Waals surface area contributed by atoms with Crippen LogP contribution in [-0.4, -0.2) is 34.6 Å². The van der Waals surface area contributed by atoms with Crippen LogP contribution in [0.4, 0.5) is 5.95 Å². The first-order chi connectivity index (χ1) is 9.44. The van der Waals surface area contributed by atoms with Crippen molar-refractivity contribution in [2.45, 2.75) is 46.5 Å². The fraction of sp³-hybridized carbons (Fsp3) is 0.786. The highest BCUT2D eigenvalue weighted by Crippen LogP contribution is 2.21. The van der Waals surface area contributed by atoms with Crippen LogP contribution in [0.25, 0.3) is 0 Å². The van der Waals surface area contributed by atoms with E-state index < -0.39 is 0 Å². The van der Waals surface area contributed by atoms with E-state index in [2.05, 4.69) is 40.6 Å². The average Bonchev–Trinajstić information content (AvgIpc) is 2.37. The first kappa shape index (κ1) is 15.3. The summed E-state index contributed by atoms with van der Waals surface area (Å²) in [4.78, 5) is 14.8. The van der Waals surface area contributed by atoms with Crippen molar-refractivity contribution < 1.29 is 4.74 Å². The number of nitrogens with zero attached hydrogens (tertiary/aromatic N) is 4. The standard InChI is InChI=1S/C14H23ClN4O/c1-14(2,3)7-10-20-13-17-11(15)16-12(18-13)19-8-5-4-6-9-19/h4-10H2,1-3H3. The molecule has 2 rings (SSSR count). The maximum atomic E-state index is 5.97. The molecule has 0 radical (unpaired) electrons. The van der Waals surface area contributed by atoms with Gasteiger partial charge in [0.25, 0.3) is 0 Å². The lowest BCUT2D eigenvalue weighted by Gasteiger charge is -2.26. The van der Waals surface area contributed by atoms with Gasteiger partial charge in [0.2, 0.25) is 11.2 Å². The summed E-state index contributed by atoms with van der Waals surface area (Å²) in [6.07, 6.45) is 4.55. The third-order valence-corrected chi connectivity index (χ3v) is 3.47. The predicted molar refractivity (Wildman–Crippen MR) is 80.5 cm³/mol. The molecular formula is C14H23ClN4O. The van der Waals surface area contributed by atoms with Crippen LogP contribution in [0.1, 0.15) is 46.5 Å². The molecule has 20 heavy (non-hydrogen) atoms. The van der Waals surface area contributed by atoms with Gasteiger partial charge >= 0.3 is 6.01 Å². The normalized spacial score (nSPS) is 16.3. The third kappa shape index (κ3) is 4.78. The van der Waals surface area contributed by atoms with Crippen LogP contribution in [0.5, 0.6) is 6.01 Å². The van der Waals surface area contributed by atoms with Crippen molar-refractivity contribution in [2.24, 2.45) is 5.41 Å². The second-order valence-electron chi connectivity index (χ2n) is 6.39. The van der Waals surface area contributed by atoms with Gasteiger partial charge < -0.3 is 9.64 Å². The van der Waals surface area contributed by atoms with E-state index in [1.54, 1.807) is 0 Å². The minimum Gasteiger partial charge on any atom is -0.463 e. The van der Waals surface area contributed by atoms with E-state index in [4.69, 9.17) is 16.3 Å². The van der Waals surface area contributed by atoms with Crippen LogP contribution in [0.2, 0.25) is 5.28 Å². The lowest BCUT2D eigenvalue weighted by molar-refractivity contribution is 0.228. The molecule has 1 fully saturated rings. The zero-order valence-electron chi connectivity index (χ0n) is 12.5. The van der Waals surface area contributed by atoms with Crippen molar-refractivity contribution in [3.63, 3.8) is 0 Å². The summed E-state index contributed by atoms with van der Waals surface area (Å²) in [5.41, 5.74) is 0.229. The number of piperidine rings is 1. The summed E-state index contributed by atoms with van der Waals surface area (Å²) in [7, 11) is 0. The summed E-state index contributed by atoms with van der Waals surface area (Å²) < 4.78 is 5.62. The van der Waals surface area contributed by atoms with Crippen molar-refractivity contribution in [1.82, 2.24) is 15.0 Å². The van der Waals surface area contributed by atoms with Crippen molar-refractivity contribution >= 4 is 17.5 Å². The molecule has 1 aromatic rings. The molecule has 1 aliphatic rings. The Balaban J connectivity index is 2.00. The van der Waals surface area contributed by atoms with E-state index >= 15 is 0 Å². The van der Waals surface area contributed by atoms with Crippen LogP contribution >= 0.6 is 11.6 Å². The summed E-state index contributed by atoms with van der Waals surface area (Å²) in [6, 6.07) is 0.329. The van der Waals surface area contributed by atoms with E-state index in [-0.39, 0.29) is 10.7 Å². The molecule has 0 atom stereocenters. The second-order valence-corrected chi connectivity index (χ2v) is 6.73. The van der Waals surface area contributed by atoms with Gasteiger partial charge in [-0.2, -0.15) is 15.0 Å². The van der Waals surface area contributed by atoms with Crippen molar-refractivity contribution in [1.29, 1.82) is 0 Å². The van der Waals surface area contributed by atoms with Gasteiger partial charge in [0.1, 0.15) is 0 Å². The van der Waals surface area contributed by atoms with Gasteiger partial charge in [-0.15, -0.1) is 0 Å². The van der Waals surface area contributed by atoms with Crippen LogP contribution in [0.3, 0.4) is 0 Å². The Morgan fingerprint density at radius 3 is 2.45 bits per heavy atom. The molecule has 6 heteroatoms. The molecule has 0 spiro atoms. The van der Waals surface area contributed by atoms with Gasteiger partial charge in [0.15, 0.2) is 0 Å². The fourth-order valence-corrected chi connectivity index (χ4v) is 2.22. The Morgan fingerprint density at radius 2 is 1.80 bits per heavy atom. The number of anilines is 1.